The van der Waals surface area contributed by atoms with Gasteiger partial charge in [0.2, 0.25) is 5.91 Å². The van der Waals surface area contributed by atoms with Crippen molar-refractivity contribution in [3.63, 3.8) is 0 Å². The summed E-state index contributed by atoms with van der Waals surface area (Å²) >= 11 is 0. The Hall–Kier alpha value is -4.74. The molecule has 2 heterocycles. The summed E-state index contributed by atoms with van der Waals surface area (Å²) in [6.45, 7) is 1.57. The lowest BCUT2D eigenvalue weighted by molar-refractivity contribution is -0.138. The molecule has 0 aliphatic carbocycles. The van der Waals surface area contributed by atoms with Gasteiger partial charge in [0.15, 0.2) is 5.60 Å². The molecule has 0 saturated carbocycles. The maximum atomic E-state index is 13.4. The number of aromatic nitrogens is 5. The first-order chi connectivity index (χ1) is 17.8. The van der Waals surface area contributed by atoms with Gasteiger partial charge in [-0.3, -0.25) is 9.59 Å². The minimum atomic E-state index is -1.58. The van der Waals surface area contributed by atoms with Crippen molar-refractivity contribution in [3.8, 4) is 0 Å². The highest BCUT2D eigenvalue weighted by atomic mass is 16.6. The highest BCUT2D eigenvalue weighted by Crippen LogP contribution is 2.25. The molecule has 37 heavy (non-hydrogen) atoms. The smallest absolute Gasteiger partial charge is 0.405 e. The number of para-hydroxylation sites is 1. The maximum absolute atomic E-state index is 13.4. The van der Waals surface area contributed by atoms with E-state index >= 15 is 0 Å². The Bertz CT molecular complexity index is 1360. The zero-order valence-electron chi connectivity index (χ0n) is 20.2. The maximum Gasteiger partial charge on any atom is 0.405 e. The van der Waals surface area contributed by atoms with E-state index in [0.717, 1.165) is 22.0 Å². The molecule has 12 heteroatoms. The quantitative estimate of drug-likeness (QED) is 0.206. The molecule has 192 valence electrons. The highest BCUT2D eigenvalue weighted by molar-refractivity contribution is 5.89. The molecule has 0 unspecified atom stereocenters. The van der Waals surface area contributed by atoms with Crippen LogP contribution in [0.3, 0.4) is 0 Å². The Morgan fingerprint density at radius 1 is 1.11 bits per heavy atom. The summed E-state index contributed by atoms with van der Waals surface area (Å²) in [5.74, 6) is -0.287. The summed E-state index contributed by atoms with van der Waals surface area (Å²) in [6, 6.07) is 16.3. The van der Waals surface area contributed by atoms with Crippen molar-refractivity contribution < 1.29 is 19.1 Å². The molecule has 2 atom stereocenters. The third kappa shape index (κ3) is 6.48. The van der Waals surface area contributed by atoms with Crippen LogP contribution >= 0.6 is 0 Å². The van der Waals surface area contributed by atoms with Gasteiger partial charge in [0.1, 0.15) is 5.82 Å². The molecular formula is C25H28N8O4. The van der Waals surface area contributed by atoms with Gasteiger partial charge in [0, 0.05) is 42.9 Å². The molecule has 4 aromatic rings. The zero-order valence-corrected chi connectivity index (χ0v) is 20.2. The van der Waals surface area contributed by atoms with Crippen molar-refractivity contribution in [2.75, 3.05) is 6.54 Å². The molecule has 6 N–H and O–H groups in total. The van der Waals surface area contributed by atoms with Crippen LogP contribution in [0.1, 0.15) is 36.3 Å². The van der Waals surface area contributed by atoms with E-state index in [9.17, 15) is 14.4 Å². The summed E-state index contributed by atoms with van der Waals surface area (Å²) in [5.41, 5.74) is 6.23. The number of nitrogens with one attached hydrogen (secondary N) is 4. The van der Waals surface area contributed by atoms with Crippen molar-refractivity contribution in [1.29, 1.82) is 0 Å². The summed E-state index contributed by atoms with van der Waals surface area (Å²) in [5, 5.41) is 20.1. The Morgan fingerprint density at radius 3 is 2.59 bits per heavy atom. The van der Waals surface area contributed by atoms with Crippen LogP contribution in [0, 0.1) is 0 Å². The molecular weight excluding hydrogens is 476 g/mol. The van der Waals surface area contributed by atoms with E-state index in [1.165, 1.54) is 6.92 Å². The van der Waals surface area contributed by atoms with Crippen molar-refractivity contribution in [2.24, 2.45) is 5.73 Å². The zero-order chi connectivity index (χ0) is 26.3. The third-order valence-corrected chi connectivity index (χ3v) is 5.99. The molecule has 0 saturated heterocycles. The van der Waals surface area contributed by atoms with Crippen molar-refractivity contribution in [3.05, 3.63) is 77.7 Å². The number of primary amides is 1. The number of ether oxygens (including phenoxy) is 1. The molecule has 4 rings (SSSR count). The van der Waals surface area contributed by atoms with Gasteiger partial charge in [-0.05, 0) is 34.5 Å². The number of carbonyl (C=O) groups excluding carboxylic acids is 3. The monoisotopic (exact) mass is 504 g/mol. The van der Waals surface area contributed by atoms with Crippen LogP contribution < -0.4 is 16.4 Å². The van der Waals surface area contributed by atoms with Crippen LogP contribution in [0.5, 0.6) is 0 Å². The number of rotatable bonds is 11. The van der Waals surface area contributed by atoms with Gasteiger partial charge in [-0.15, -0.1) is 5.10 Å². The minimum absolute atomic E-state index is 0.0596. The number of fused-ring (bicyclic) bond motifs is 1. The van der Waals surface area contributed by atoms with Crippen LogP contribution in [0.4, 0.5) is 4.79 Å². The molecule has 0 aliphatic rings. The van der Waals surface area contributed by atoms with E-state index in [1.807, 2.05) is 54.6 Å². The molecule has 2 aromatic heterocycles. The lowest BCUT2D eigenvalue weighted by Crippen LogP contribution is -2.52. The van der Waals surface area contributed by atoms with E-state index in [2.05, 4.69) is 36.2 Å². The van der Waals surface area contributed by atoms with E-state index in [0.29, 0.717) is 12.2 Å². The fraction of sp³-hybridized carbons (Fsp3) is 0.280. The first kappa shape index (κ1) is 25.4. The predicted octanol–water partition coefficient (Wildman–Crippen LogP) is 1.68. The van der Waals surface area contributed by atoms with Gasteiger partial charge in [0.05, 0.1) is 6.04 Å². The summed E-state index contributed by atoms with van der Waals surface area (Å²) in [7, 11) is 0. The van der Waals surface area contributed by atoms with Gasteiger partial charge in [-0.25, -0.2) is 9.89 Å². The standard InChI is InChI=1S/C25H28N8O4/c1-25(37-24(26)36,13-17-14-27-19-10-6-5-9-18(17)19)23(35)28-15-20(16-7-3-2-4-8-16)29-22(34)12-11-21-30-32-33-31-21/h2-10,14,20,27H,11-13,15H2,1H3,(H2,26,36)(H,28,35)(H,29,34)(H,30,31,32,33)/t20-,25+/m0/s1. The van der Waals surface area contributed by atoms with E-state index in [-0.39, 0.29) is 25.3 Å². The number of tetrazole rings is 1. The average Bonchev–Trinajstić information content (AvgIpc) is 3.55. The number of aryl methyl sites for hydroxylation is 1. The second kappa shape index (κ2) is 11.3. The van der Waals surface area contributed by atoms with Gasteiger partial charge in [-0.1, -0.05) is 48.5 Å². The van der Waals surface area contributed by atoms with Crippen molar-refractivity contribution in [2.45, 2.75) is 37.8 Å². The number of nitrogens with zero attached hydrogens (tertiary/aromatic N) is 3. The van der Waals surface area contributed by atoms with Crippen LogP contribution in [0.15, 0.2) is 60.8 Å². The lowest BCUT2D eigenvalue weighted by Gasteiger charge is -2.29. The highest BCUT2D eigenvalue weighted by Gasteiger charge is 2.38. The number of H-pyrrole nitrogens is 2. The minimum Gasteiger partial charge on any atom is -0.433 e. The molecule has 0 fully saturated rings. The number of hydrogen-bond acceptors (Lipinski definition) is 7. The molecule has 0 bridgehead atoms. The van der Waals surface area contributed by atoms with Crippen LogP contribution in [0.2, 0.25) is 0 Å². The number of benzene rings is 2. The molecule has 0 spiro atoms. The van der Waals surface area contributed by atoms with Gasteiger partial charge >= 0.3 is 6.09 Å². The van der Waals surface area contributed by atoms with Crippen LogP contribution in [-0.4, -0.2) is 55.7 Å². The fourth-order valence-electron chi connectivity index (χ4n) is 4.13. The van der Waals surface area contributed by atoms with Gasteiger partial charge in [0.25, 0.3) is 5.91 Å². The number of amides is 3. The first-order valence-corrected chi connectivity index (χ1v) is 11.7. The van der Waals surface area contributed by atoms with Crippen LogP contribution in [0.25, 0.3) is 10.9 Å². The molecule has 3 amide bonds. The van der Waals surface area contributed by atoms with E-state index in [1.54, 1.807) is 6.20 Å². The number of aromatic amines is 2. The number of hydrogen-bond donors (Lipinski definition) is 5. The Balaban J connectivity index is 1.47. The van der Waals surface area contributed by atoms with Crippen molar-refractivity contribution >= 4 is 28.8 Å². The second-order valence-electron chi connectivity index (χ2n) is 8.78. The summed E-state index contributed by atoms with van der Waals surface area (Å²) in [6.07, 6.45) is 1.29. The lowest BCUT2D eigenvalue weighted by atomic mass is 9.94. The summed E-state index contributed by atoms with van der Waals surface area (Å²) < 4.78 is 5.32. The average molecular weight is 505 g/mol. The predicted molar refractivity (Wildman–Crippen MR) is 134 cm³/mol. The Labute approximate surface area is 212 Å². The van der Waals surface area contributed by atoms with Crippen molar-refractivity contribution in [1.82, 2.24) is 36.2 Å². The topological polar surface area (TPSA) is 181 Å². The number of nitrogens with two attached hydrogens (primary N) is 1. The normalized spacial score (nSPS) is 13.4. The fourth-order valence-corrected chi connectivity index (χ4v) is 4.13. The third-order valence-electron chi connectivity index (χ3n) is 5.99. The second-order valence-corrected chi connectivity index (χ2v) is 8.78. The van der Waals surface area contributed by atoms with E-state index < -0.39 is 23.6 Å². The Kier molecular flexibility index (Phi) is 7.77. The molecule has 2 aromatic carbocycles. The molecule has 0 radical (unpaired) electrons. The SMILES string of the molecule is C[C@](Cc1c[nH]c2ccccc12)(OC(N)=O)C(=O)NC[C@H](NC(=O)CCc1nnn[nH]1)c1ccccc1. The van der Waals surface area contributed by atoms with Gasteiger partial charge in [-0.2, -0.15) is 0 Å². The molecule has 0 aliphatic heterocycles. The molecule has 12 nitrogen and oxygen atoms in total. The largest absolute Gasteiger partial charge is 0.433 e. The first-order valence-electron chi connectivity index (χ1n) is 11.7. The Morgan fingerprint density at radius 2 is 1.86 bits per heavy atom. The number of carbonyl (C=O) groups is 3. The van der Waals surface area contributed by atoms with Gasteiger partial charge < -0.3 is 26.1 Å². The van der Waals surface area contributed by atoms with E-state index in [4.69, 9.17) is 10.5 Å². The summed E-state index contributed by atoms with van der Waals surface area (Å²) in [4.78, 5) is 40.9. The van der Waals surface area contributed by atoms with Crippen LogP contribution in [-0.2, 0) is 27.2 Å².